The van der Waals surface area contributed by atoms with Crippen LogP contribution in [0, 0.1) is 18.3 Å². The second-order valence-electron chi connectivity index (χ2n) is 12.9. The molecule has 1 aliphatic carbocycles. The molecule has 1 saturated carbocycles. The van der Waals surface area contributed by atoms with Crippen LogP contribution in [0.3, 0.4) is 0 Å². The number of halogens is 3. The lowest BCUT2D eigenvalue weighted by molar-refractivity contribution is -0.138. The predicted octanol–water partition coefficient (Wildman–Crippen LogP) is 4.99. The minimum Gasteiger partial charge on any atom is -0.481 e. The zero-order valence-electron chi connectivity index (χ0n) is 26.4. The lowest BCUT2D eigenvalue weighted by Gasteiger charge is -2.46. The van der Waals surface area contributed by atoms with Crippen LogP contribution in [0.4, 0.5) is 18.9 Å². The largest absolute Gasteiger partial charge is 0.481 e. The van der Waals surface area contributed by atoms with Gasteiger partial charge >= 0.3 is 6.18 Å². The van der Waals surface area contributed by atoms with E-state index < -0.39 is 23.1 Å². The highest BCUT2D eigenvalue weighted by Crippen LogP contribution is 2.53. The Kier molecular flexibility index (Phi) is 8.61. The number of amides is 2. The molecule has 12 heteroatoms. The SMILES string of the molecule is C#CCOc1cc(N2Cc3c(cc(CN4CCCC(NC(=O)C=C)C4)cc3C(F)(F)F)C2=O)cc(C2(c3nncn3C)CC(C)C2)c1. The molecular formula is C35H37F3N6O3. The maximum absolute atomic E-state index is 14.6. The molecule has 1 aromatic heterocycles. The van der Waals surface area contributed by atoms with Crippen molar-refractivity contribution in [2.24, 2.45) is 13.0 Å². The quantitative estimate of drug-likeness (QED) is 0.260. The molecule has 3 aromatic rings. The molecule has 0 spiro atoms. The van der Waals surface area contributed by atoms with Crippen LogP contribution in [0.15, 0.2) is 49.3 Å². The summed E-state index contributed by atoms with van der Waals surface area (Å²) in [6.45, 7) is 6.73. The van der Waals surface area contributed by atoms with Gasteiger partial charge in [-0.3, -0.25) is 14.5 Å². The van der Waals surface area contributed by atoms with E-state index in [-0.39, 0.29) is 42.8 Å². The Bertz CT molecular complexity index is 1750. The Morgan fingerprint density at radius 1 is 1.26 bits per heavy atom. The maximum atomic E-state index is 14.6. The Morgan fingerprint density at radius 2 is 2.04 bits per heavy atom. The minimum absolute atomic E-state index is 0.0133. The van der Waals surface area contributed by atoms with Gasteiger partial charge in [-0.25, -0.2) is 0 Å². The van der Waals surface area contributed by atoms with Crippen molar-refractivity contribution < 1.29 is 27.5 Å². The van der Waals surface area contributed by atoms with Crippen LogP contribution in [-0.2, 0) is 36.5 Å². The number of aromatic nitrogens is 3. The topological polar surface area (TPSA) is 92.6 Å². The van der Waals surface area contributed by atoms with Crippen LogP contribution >= 0.6 is 0 Å². The molecule has 3 aliphatic rings. The molecule has 246 valence electrons. The van der Waals surface area contributed by atoms with Gasteiger partial charge in [0.2, 0.25) is 5.91 Å². The molecule has 2 aliphatic heterocycles. The highest BCUT2D eigenvalue weighted by molar-refractivity contribution is 6.10. The predicted molar refractivity (Wildman–Crippen MR) is 170 cm³/mol. The zero-order valence-corrected chi connectivity index (χ0v) is 26.4. The average Bonchev–Trinajstić information content (AvgIpc) is 3.60. The molecular weight excluding hydrogens is 609 g/mol. The van der Waals surface area contributed by atoms with Crippen LogP contribution in [0.1, 0.15) is 71.0 Å². The number of terminal acetylenes is 1. The Morgan fingerprint density at radius 3 is 2.70 bits per heavy atom. The lowest BCUT2D eigenvalue weighted by atomic mass is 9.58. The van der Waals surface area contributed by atoms with Crippen LogP contribution in [0.5, 0.6) is 5.75 Å². The zero-order chi connectivity index (χ0) is 33.5. The highest BCUT2D eigenvalue weighted by atomic mass is 19.4. The van der Waals surface area contributed by atoms with E-state index in [1.807, 2.05) is 28.6 Å². The molecule has 6 rings (SSSR count). The summed E-state index contributed by atoms with van der Waals surface area (Å²) >= 11 is 0. The number of alkyl halides is 3. The number of ether oxygens (including phenoxy) is 1. The third-order valence-corrected chi connectivity index (χ3v) is 9.46. The van der Waals surface area contributed by atoms with Gasteiger partial charge in [-0.15, -0.1) is 16.6 Å². The van der Waals surface area contributed by atoms with Crippen molar-refractivity contribution in [1.29, 1.82) is 0 Å². The fourth-order valence-electron chi connectivity index (χ4n) is 7.47. The smallest absolute Gasteiger partial charge is 0.416 e. The summed E-state index contributed by atoms with van der Waals surface area (Å²) in [4.78, 5) is 29.2. The summed E-state index contributed by atoms with van der Waals surface area (Å²) in [7, 11) is 1.87. The van der Waals surface area contributed by atoms with Crippen LogP contribution in [-0.4, -0.2) is 57.2 Å². The van der Waals surface area contributed by atoms with E-state index in [0.717, 1.165) is 43.1 Å². The first-order valence-electron chi connectivity index (χ1n) is 15.7. The monoisotopic (exact) mass is 646 g/mol. The normalized spacial score (nSPS) is 22.7. The number of benzene rings is 2. The van der Waals surface area contributed by atoms with E-state index in [0.29, 0.717) is 36.0 Å². The fraction of sp³-hybridized carbons (Fsp3) is 0.429. The summed E-state index contributed by atoms with van der Waals surface area (Å²) in [6.07, 6.45) is 6.75. The van der Waals surface area contributed by atoms with Crippen molar-refractivity contribution in [2.75, 3.05) is 24.6 Å². The molecule has 2 amide bonds. The third kappa shape index (κ3) is 6.24. The van der Waals surface area contributed by atoms with Crippen molar-refractivity contribution in [3.05, 3.63) is 83.0 Å². The molecule has 1 N–H and O–H groups in total. The molecule has 1 saturated heterocycles. The number of carbonyl (C=O) groups excluding carboxylic acids is 2. The number of likely N-dealkylation sites (tertiary alicyclic amines) is 1. The Labute approximate surface area is 271 Å². The molecule has 1 unspecified atom stereocenters. The van der Waals surface area contributed by atoms with Crippen molar-refractivity contribution >= 4 is 17.5 Å². The number of nitrogens with zero attached hydrogens (tertiary/aromatic N) is 5. The summed E-state index contributed by atoms with van der Waals surface area (Å²) in [5.41, 5.74) is 0.282. The average molecular weight is 647 g/mol. The number of piperidine rings is 1. The van der Waals surface area contributed by atoms with Gasteiger partial charge in [-0.1, -0.05) is 19.4 Å². The molecule has 1 atom stereocenters. The van der Waals surface area contributed by atoms with Gasteiger partial charge in [0.25, 0.3) is 5.91 Å². The summed E-state index contributed by atoms with van der Waals surface area (Å²) < 4.78 is 51.4. The van der Waals surface area contributed by atoms with Gasteiger partial charge in [-0.2, -0.15) is 13.2 Å². The number of aryl methyl sites for hydroxylation is 1. The van der Waals surface area contributed by atoms with Crippen LogP contribution in [0.25, 0.3) is 0 Å². The lowest BCUT2D eigenvalue weighted by Crippen LogP contribution is -2.46. The number of hydrogen-bond donors (Lipinski definition) is 1. The molecule has 3 heterocycles. The molecule has 2 aromatic carbocycles. The summed E-state index contributed by atoms with van der Waals surface area (Å²) in [5, 5.41) is 11.4. The fourth-order valence-corrected chi connectivity index (χ4v) is 7.47. The molecule has 9 nitrogen and oxygen atoms in total. The van der Waals surface area contributed by atoms with E-state index in [9.17, 15) is 22.8 Å². The molecule has 47 heavy (non-hydrogen) atoms. The number of carbonyl (C=O) groups is 2. The van der Waals surface area contributed by atoms with E-state index in [4.69, 9.17) is 11.2 Å². The van der Waals surface area contributed by atoms with E-state index in [1.165, 1.54) is 11.0 Å². The number of rotatable bonds is 9. The molecule has 2 fully saturated rings. The number of nitrogens with one attached hydrogen (secondary N) is 1. The van der Waals surface area contributed by atoms with E-state index in [1.54, 1.807) is 18.5 Å². The van der Waals surface area contributed by atoms with Gasteiger partial charge in [0.05, 0.1) is 17.5 Å². The minimum atomic E-state index is -4.67. The first kappa shape index (κ1) is 32.3. The van der Waals surface area contributed by atoms with Crippen molar-refractivity contribution in [2.45, 2.75) is 63.3 Å². The van der Waals surface area contributed by atoms with Gasteiger partial charge in [0.1, 0.15) is 24.5 Å². The van der Waals surface area contributed by atoms with Gasteiger partial charge in [0, 0.05) is 43.5 Å². The number of fused-ring (bicyclic) bond motifs is 1. The van der Waals surface area contributed by atoms with E-state index >= 15 is 0 Å². The molecule has 0 radical (unpaired) electrons. The van der Waals surface area contributed by atoms with Crippen molar-refractivity contribution in [3.8, 4) is 18.1 Å². The second-order valence-corrected chi connectivity index (χ2v) is 12.9. The van der Waals surface area contributed by atoms with Crippen molar-refractivity contribution in [3.63, 3.8) is 0 Å². The standard InChI is InChI=1S/C35H37F3N6O3/c1-5-10-47-27-14-24(34(16-22(3)17-34)33-41-39-21-42(33)4)13-26(15-27)44-20-29-28(32(44)46)11-23(12-30(29)35(36,37)38)18-43-9-7-8-25(19-43)40-31(45)6-2/h1,6,11-15,21-22,25H,2,7-10,16-20H2,3-4H3,(H,40,45). The van der Waals surface area contributed by atoms with Crippen LogP contribution < -0.4 is 15.0 Å². The highest BCUT2D eigenvalue weighted by Gasteiger charge is 2.49. The molecule has 0 bridgehead atoms. The summed E-state index contributed by atoms with van der Waals surface area (Å²) in [6, 6.07) is 7.97. The first-order valence-corrected chi connectivity index (χ1v) is 15.7. The van der Waals surface area contributed by atoms with Gasteiger partial charge in [0.15, 0.2) is 0 Å². The van der Waals surface area contributed by atoms with Crippen molar-refractivity contribution in [1.82, 2.24) is 25.0 Å². The number of hydrogen-bond acceptors (Lipinski definition) is 6. The van der Waals surface area contributed by atoms with Gasteiger partial charge < -0.3 is 19.5 Å². The Hall–Kier alpha value is -4.63. The van der Waals surface area contributed by atoms with E-state index in [2.05, 4.69) is 34.9 Å². The Balaban J connectivity index is 1.35. The number of anilines is 1. The first-order chi connectivity index (χ1) is 22.4. The van der Waals surface area contributed by atoms with Crippen LogP contribution in [0.2, 0.25) is 0 Å². The maximum Gasteiger partial charge on any atom is 0.416 e. The summed E-state index contributed by atoms with van der Waals surface area (Å²) in [5.74, 6) is 3.24. The second kappa shape index (κ2) is 12.5. The third-order valence-electron chi connectivity index (χ3n) is 9.46. The van der Waals surface area contributed by atoms with Gasteiger partial charge in [-0.05, 0) is 85.2 Å².